The number of sulfonamides is 1. The zero-order valence-corrected chi connectivity index (χ0v) is 10.6. The van der Waals surface area contributed by atoms with E-state index >= 15 is 0 Å². The van der Waals surface area contributed by atoms with Gasteiger partial charge in [-0.1, -0.05) is 17.7 Å². The van der Waals surface area contributed by atoms with Crippen molar-refractivity contribution in [3.05, 3.63) is 29.8 Å². The van der Waals surface area contributed by atoms with Gasteiger partial charge < -0.3 is 10.2 Å². The summed E-state index contributed by atoms with van der Waals surface area (Å²) in [6.45, 7) is 2.82. The van der Waals surface area contributed by atoms with Crippen LogP contribution in [0.3, 0.4) is 0 Å². The molecule has 96 valence electrons. The standard InChI is InChI=1S/C11H17NO4S/c1-8-3-5-10(6-4-8)17(15,16)12-11(7-13)9(2)14/h3-6,9,11-14H,7H2,1-2H3/t9-,11+/m1/s1. The van der Waals surface area contributed by atoms with Crippen molar-refractivity contribution in [3.63, 3.8) is 0 Å². The molecule has 0 aliphatic rings. The quantitative estimate of drug-likeness (QED) is 0.695. The predicted octanol–water partition coefficient (Wildman–Crippen LogP) is 0.0150. The monoisotopic (exact) mass is 259 g/mol. The highest BCUT2D eigenvalue weighted by atomic mass is 32.2. The van der Waals surface area contributed by atoms with Gasteiger partial charge in [0.25, 0.3) is 0 Å². The molecule has 0 spiro atoms. The zero-order chi connectivity index (χ0) is 13.1. The van der Waals surface area contributed by atoms with Gasteiger partial charge in [-0.3, -0.25) is 0 Å². The molecule has 17 heavy (non-hydrogen) atoms. The Morgan fingerprint density at radius 2 is 1.82 bits per heavy atom. The van der Waals surface area contributed by atoms with E-state index in [9.17, 15) is 13.5 Å². The minimum absolute atomic E-state index is 0.113. The van der Waals surface area contributed by atoms with E-state index in [0.717, 1.165) is 5.56 Å². The average molecular weight is 259 g/mol. The molecule has 0 fully saturated rings. The molecule has 0 aliphatic carbocycles. The van der Waals surface area contributed by atoms with Crippen LogP contribution >= 0.6 is 0 Å². The smallest absolute Gasteiger partial charge is 0.240 e. The number of nitrogens with one attached hydrogen (secondary N) is 1. The summed E-state index contributed by atoms with van der Waals surface area (Å²) in [6.07, 6.45) is -0.958. The minimum Gasteiger partial charge on any atom is -0.395 e. The first-order chi connectivity index (χ1) is 7.86. The van der Waals surface area contributed by atoms with Gasteiger partial charge in [0.05, 0.1) is 23.6 Å². The molecule has 0 bridgehead atoms. The molecule has 0 saturated heterocycles. The van der Waals surface area contributed by atoms with Crippen molar-refractivity contribution in [1.29, 1.82) is 0 Å². The molecular formula is C11H17NO4S. The number of hydrogen-bond donors (Lipinski definition) is 3. The topological polar surface area (TPSA) is 86.6 Å². The van der Waals surface area contributed by atoms with Crippen LogP contribution < -0.4 is 4.72 Å². The molecule has 1 aromatic rings. The number of rotatable bonds is 5. The molecule has 0 aliphatic heterocycles. The van der Waals surface area contributed by atoms with E-state index < -0.39 is 28.8 Å². The van der Waals surface area contributed by atoms with Crippen LogP contribution in [0.5, 0.6) is 0 Å². The van der Waals surface area contributed by atoms with Crippen LogP contribution in [0.25, 0.3) is 0 Å². The van der Waals surface area contributed by atoms with Gasteiger partial charge in [-0.05, 0) is 26.0 Å². The molecule has 0 unspecified atom stereocenters. The largest absolute Gasteiger partial charge is 0.395 e. The van der Waals surface area contributed by atoms with E-state index in [0.29, 0.717) is 0 Å². The molecule has 2 atom stereocenters. The summed E-state index contributed by atoms with van der Waals surface area (Å²) in [4.78, 5) is 0.113. The highest BCUT2D eigenvalue weighted by Gasteiger charge is 2.22. The van der Waals surface area contributed by atoms with Crippen LogP contribution in [0.1, 0.15) is 12.5 Å². The Balaban J connectivity index is 2.92. The van der Waals surface area contributed by atoms with E-state index in [-0.39, 0.29) is 4.90 Å². The summed E-state index contributed by atoms with van der Waals surface area (Å²) in [5.74, 6) is 0. The maximum Gasteiger partial charge on any atom is 0.240 e. The zero-order valence-electron chi connectivity index (χ0n) is 9.79. The Bertz CT molecular complexity index is 453. The van der Waals surface area contributed by atoms with Gasteiger partial charge in [-0.15, -0.1) is 0 Å². The lowest BCUT2D eigenvalue weighted by molar-refractivity contribution is 0.115. The average Bonchev–Trinajstić information content (AvgIpc) is 2.26. The first-order valence-electron chi connectivity index (χ1n) is 5.24. The van der Waals surface area contributed by atoms with Crippen molar-refractivity contribution >= 4 is 10.0 Å². The van der Waals surface area contributed by atoms with Crippen molar-refractivity contribution in [2.75, 3.05) is 6.61 Å². The van der Waals surface area contributed by atoms with Crippen molar-refractivity contribution < 1.29 is 18.6 Å². The van der Waals surface area contributed by atoms with Gasteiger partial charge in [-0.2, -0.15) is 0 Å². The highest BCUT2D eigenvalue weighted by Crippen LogP contribution is 2.11. The van der Waals surface area contributed by atoms with E-state index in [1.165, 1.54) is 19.1 Å². The van der Waals surface area contributed by atoms with E-state index in [4.69, 9.17) is 5.11 Å². The van der Waals surface area contributed by atoms with Crippen LogP contribution in [-0.4, -0.2) is 37.4 Å². The summed E-state index contributed by atoms with van der Waals surface area (Å²) in [7, 11) is -3.70. The number of aryl methyl sites for hydroxylation is 1. The number of aliphatic hydroxyl groups excluding tert-OH is 2. The van der Waals surface area contributed by atoms with E-state index in [1.807, 2.05) is 6.92 Å². The second kappa shape index (κ2) is 5.59. The number of benzene rings is 1. The van der Waals surface area contributed by atoms with Crippen molar-refractivity contribution in [2.24, 2.45) is 0 Å². The summed E-state index contributed by atoms with van der Waals surface area (Å²) >= 11 is 0. The summed E-state index contributed by atoms with van der Waals surface area (Å²) < 4.78 is 26.0. The molecular weight excluding hydrogens is 242 g/mol. The maximum atomic E-state index is 11.9. The molecule has 0 saturated carbocycles. The molecule has 0 radical (unpaired) electrons. The van der Waals surface area contributed by atoms with Crippen LogP contribution in [0.15, 0.2) is 29.2 Å². The van der Waals surface area contributed by atoms with Gasteiger partial charge >= 0.3 is 0 Å². The van der Waals surface area contributed by atoms with Crippen LogP contribution in [0, 0.1) is 6.92 Å². The predicted molar refractivity (Wildman–Crippen MR) is 64.1 cm³/mol. The fraction of sp³-hybridized carbons (Fsp3) is 0.455. The third-order valence-electron chi connectivity index (χ3n) is 2.42. The van der Waals surface area contributed by atoms with Gasteiger partial charge in [0.2, 0.25) is 10.0 Å². The second-order valence-corrected chi connectivity index (χ2v) is 5.68. The molecule has 6 heteroatoms. The molecule has 1 rings (SSSR count). The Hall–Kier alpha value is -0.950. The van der Waals surface area contributed by atoms with E-state index in [1.54, 1.807) is 12.1 Å². The molecule has 0 aromatic heterocycles. The Morgan fingerprint density at radius 1 is 1.29 bits per heavy atom. The molecule has 1 aromatic carbocycles. The first kappa shape index (κ1) is 14.1. The lowest BCUT2D eigenvalue weighted by atomic mass is 10.2. The molecule has 0 heterocycles. The third-order valence-corrected chi connectivity index (χ3v) is 3.92. The van der Waals surface area contributed by atoms with Crippen LogP contribution in [0.4, 0.5) is 0 Å². The van der Waals surface area contributed by atoms with E-state index in [2.05, 4.69) is 4.72 Å². The third kappa shape index (κ3) is 3.78. The van der Waals surface area contributed by atoms with Crippen molar-refractivity contribution in [1.82, 2.24) is 4.72 Å². The Kier molecular flexibility index (Phi) is 4.64. The lowest BCUT2D eigenvalue weighted by Gasteiger charge is -2.18. The van der Waals surface area contributed by atoms with Crippen molar-refractivity contribution in [3.8, 4) is 0 Å². The highest BCUT2D eigenvalue weighted by molar-refractivity contribution is 7.89. The van der Waals surface area contributed by atoms with Gasteiger partial charge in [0, 0.05) is 0 Å². The van der Waals surface area contributed by atoms with Gasteiger partial charge in [-0.25, -0.2) is 13.1 Å². The van der Waals surface area contributed by atoms with Gasteiger partial charge in [0.1, 0.15) is 0 Å². The fourth-order valence-electron chi connectivity index (χ4n) is 1.27. The summed E-state index contributed by atoms with van der Waals surface area (Å²) in [5.41, 5.74) is 0.957. The summed E-state index contributed by atoms with van der Waals surface area (Å²) in [5, 5.41) is 18.2. The second-order valence-electron chi connectivity index (χ2n) is 3.96. The normalized spacial score (nSPS) is 15.5. The number of hydrogen-bond acceptors (Lipinski definition) is 4. The Labute approximate surface area is 101 Å². The minimum atomic E-state index is -3.70. The number of aliphatic hydroxyl groups is 2. The van der Waals surface area contributed by atoms with Crippen LogP contribution in [0.2, 0.25) is 0 Å². The summed E-state index contributed by atoms with van der Waals surface area (Å²) in [6, 6.07) is 5.43. The lowest BCUT2D eigenvalue weighted by Crippen LogP contribution is -2.44. The van der Waals surface area contributed by atoms with Gasteiger partial charge in [0.15, 0.2) is 0 Å². The molecule has 3 N–H and O–H groups in total. The molecule has 5 nitrogen and oxygen atoms in total. The molecule has 0 amide bonds. The SMILES string of the molecule is Cc1ccc(S(=O)(=O)N[C@@H](CO)[C@@H](C)O)cc1. The maximum absolute atomic E-state index is 11.9. The Morgan fingerprint density at radius 3 is 2.24 bits per heavy atom. The van der Waals surface area contributed by atoms with Crippen molar-refractivity contribution in [2.45, 2.75) is 30.9 Å². The first-order valence-corrected chi connectivity index (χ1v) is 6.73. The van der Waals surface area contributed by atoms with Crippen LogP contribution in [-0.2, 0) is 10.0 Å². The fourth-order valence-corrected chi connectivity index (χ4v) is 2.57.